The number of aldehydes is 1. The summed E-state index contributed by atoms with van der Waals surface area (Å²) >= 11 is 0. The van der Waals surface area contributed by atoms with Gasteiger partial charge in [0.2, 0.25) is 0 Å². The average molecular weight is 226 g/mol. The van der Waals surface area contributed by atoms with Crippen molar-refractivity contribution in [2.75, 3.05) is 20.3 Å². The third-order valence-corrected chi connectivity index (χ3v) is 1.99. The van der Waals surface area contributed by atoms with Crippen LogP contribution in [0.2, 0.25) is 0 Å². The predicted molar refractivity (Wildman–Crippen MR) is 57.0 cm³/mol. The number of benzene rings is 1. The van der Waals surface area contributed by atoms with E-state index in [2.05, 4.69) is 0 Å². The lowest BCUT2D eigenvalue weighted by Gasteiger charge is -2.14. The highest BCUT2D eigenvalue weighted by Gasteiger charge is 2.11. The van der Waals surface area contributed by atoms with Crippen molar-refractivity contribution in [2.45, 2.75) is 6.10 Å². The molecule has 5 nitrogen and oxygen atoms in total. The SMILES string of the molecule is COc1cccc(C=O)c1OCC(O)CO. The van der Waals surface area contributed by atoms with E-state index in [1.54, 1.807) is 18.2 Å². The fraction of sp³-hybridized carbons (Fsp3) is 0.364. The van der Waals surface area contributed by atoms with Gasteiger partial charge in [-0.15, -0.1) is 0 Å². The minimum atomic E-state index is -0.982. The van der Waals surface area contributed by atoms with Crippen molar-refractivity contribution in [3.05, 3.63) is 23.8 Å². The number of carbonyl (C=O) groups is 1. The molecule has 0 aromatic heterocycles. The summed E-state index contributed by atoms with van der Waals surface area (Å²) in [4.78, 5) is 10.8. The molecule has 0 saturated carbocycles. The molecule has 0 aliphatic rings. The molecular weight excluding hydrogens is 212 g/mol. The van der Waals surface area contributed by atoms with Crippen LogP contribution in [0.4, 0.5) is 0 Å². The van der Waals surface area contributed by atoms with Gasteiger partial charge in [-0.3, -0.25) is 4.79 Å². The molecule has 0 saturated heterocycles. The summed E-state index contributed by atoms with van der Waals surface area (Å²) in [6.45, 7) is -0.497. The predicted octanol–water partition coefficient (Wildman–Crippen LogP) is 0.240. The molecule has 0 radical (unpaired) electrons. The molecule has 1 aromatic carbocycles. The zero-order chi connectivity index (χ0) is 12.0. The molecule has 1 rings (SSSR count). The van der Waals surface area contributed by atoms with Crippen LogP contribution in [0.5, 0.6) is 11.5 Å². The van der Waals surface area contributed by atoms with Gasteiger partial charge in [0.1, 0.15) is 12.7 Å². The van der Waals surface area contributed by atoms with Crippen molar-refractivity contribution in [3.8, 4) is 11.5 Å². The second-order valence-corrected chi connectivity index (χ2v) is 3.14. The highest BCUT2D eigenvalue weighted by Crippen LogP contribution is 2.29. The quantitative estimate of drug-likeness (QED) is 0.679. The van der Waals surface area contributed by atoms with E-state index in [0.29, 0.717) is 17.6 Å². The van der Waals surface area contributed by atoms with Gasteiger partial charge in [0.15, 0.2) is 17.8 Å². The van der Waals surface area contributed by atoms with Crippen LogP contribution >= 0.6 is 0 Å². The van der Waals surface area contributed by atoms with Gasteiger partial charge in [0.25, 0.3) is 0 Å². The number of aliphatic hydroxyl groups excluding tert-OH is 2. The first kappa shape index (κ1) is 12.5. The minimum absolute atomic E-state index is 0.0995. The zero-order valence-corrected chi connectivity index (χ0v) is 8.92. The van der Waals surface area contributed by atoms with Crippen molar-refractivity contribution < 1.29 is 24.5 Å². The second kappa shape index (κ2) is 6.09. The zero-order valence-electron chi connectivity index (χ0n) is 8.92. The topological polar surface area (TPSA) is 76.0 Å². The smallest absolute Gasteiger partial charge is 0.171 e. The first-order valence-corrected chi connectivity index (χ1v) is 4.76. The number of ether oxygens (including phenoxy) is 2. The summed E-state index contributed by atoms with van der Waals surface area (Å²) in [6.07, 6.45) is -0.340. The summed E-state index contributed by atoms with van der Waals surface area (Å²) in [5.74, 6) is 0.683. The van der Waals surface area contributed by atoms with Gasteiger partial charge in [-0.25, -0.2) is 0 Å². The highest BCUT2D eigenvalue weighted by molar-refractivity contribution is 5.81. The van der Waals surface area contributed by atoms with Crippen LogP contribution in [0.25, 0.3) is 0 Å². The molecule has 1 unspecified atom stereocenters. The van der Waals surface area contributed by atoms with Crippen LogP contribution in [-0.4, -0.2) is 42.9 Å². The van der Waals surface area contributed by atoms with Gasteiger partial charge in [0.05, 0.1) is 19.3 Å². The lowest BCUT2D eigenvalue weighted by Crippen LogP contribution is -2.21. The van der Waals surface area contributed by atoms with Crippen LogP contribution in [0.1, 0.15) is 10.4 Å². The number of rotatable bonds is 6. The molecule has 88 valence electrons. The molecule has 0 fully saturated rings. The maximum Gasteiger partial charge on any atom is 0.171 e. The Morgan fingerprint density at radius 3 is 2.81 bits per heavy atom. The summed E-state index contributed by atoms with van der Waals surface area (Å²) in [5, 5.41) is 17.8. The monoisotopic (exact) mass is 226 g/mol. The molecule has 5 heteroatoms. The van der Waals surface area contributed by atoms with E-state index >= 15 is 0 Å². The largest absolute Gasteiger partial charge is 0.493 e. The fourth-order valence-corrected chi connectivity index (χ4v) is 1.17. The molecule has 1 atom stereocenters. The minimum Gasteiger partial charge on any atom is -0.493 e. The van der Waals surface area contributed by atoms with Gasteiger partial charge in [-0.05, 0) is 12.1 Å². The van der Waals surface area contributed by atoms with Crippen LogP contribution in [-0.2, 0) is 0 Å². The molecule has 0 amide bonds. The Balaban J connectivity index is 2.86. The van der Waals surface area contributed by atoms with Crippen LogP contribution < -0.4 is 9.47 Å². The number of methoxy groups -OCH3 is 1. The van der Waals surface area contributed by atoms with Crippen LogP contribution in [0, 0.1) is 0 Å². The number of aliphatic hydroxyl groups is 2. The molecule has 16 heavy (non-hydrogen) atoms. The Hall–Kier alpha value is -1.59. The van der Waals surface area contributed by atoms with Gasteiger partial charge < -0.3 is 19.7 Å². The van der Waals surface area contributed by atoms with Crippen molar-refractivity contribution in [2.24, 2.45) is 0 Å². The van der Waals surface area contributed by atoms with Crippen molar-refractivity contribution in [1.82, 2.24) is 0 Å². The maximum atomic E-state index is 10.8. The number of hydrogen-bond acceptors (Lipinski definition) is 5. The Labute approximate surface area is 93.2 Å². The first-order valence-electron chi connectivity index (χ1n) is 4.76. The van der Waals surface area contributed by atoms with Crippen molar-refractivity contribution in [1.29, 1.82) is 0 Å². The Morgan fingerprint density at radius 2 is 2.25 bits per heavy atom. The lowest BCUT2D eigenvalue weighted by atomic mass is 10.2. The van der Waals surface area contributed by atoms with E-state index in [-0.39, 0.29) is 12.4 Å². The number of para-hydroxylation sites is 1. The van der Waals surface area contributed by atoms with Gasteiger partial charge in [-0.1, -0.05) is 6.07 Å². The highest BCUT2D eigenvalue weighted by atomic mass is 16.5. The molecule has 1 aromatic rings. The number of hydrogen-bond donors (Lipinski definition) is 2. The third-order valence-electron chi connectivity index (χ3n) is 1.99. The van der Waals surface area contributed by atoms with Gasteiger partial charge in [-0.2, -0.15) is 0 Å². The summed E-state index contributed by atoms with van der Waals surface area (Å²) in [5.41, 5.74) is 0.337. The second-order valence-electron chi connectivity index (χ2n) is 3.14. The third kappa shape index (κ3) is 2.95. The van der Waals surface area contributed by atoms with Crippen molar-refractivity contribution in [3.63, 3.8) is 0 Å². The van der Waals surface area contributed by atoms with Gasteiger partial charge in [0, 0.05) is 0 Å². The van der Waals surface area contributed by atoms with E-state index < -0.39 is 12.7 Å². The van der Waals surface area contributed by atoms with Crippen molar-refractivity contribution >= 4 is 6.29 Å². The maximum absolute atomic E-state index is 10.8. The Kier molecular flexibility index (Phi) is 4.75. The normalized spacial score (nSPS) is 11.9. The summed E-state index contributed by atoms with van der Waals surface area (Å²) in [6, 6.07) is 4.89. The molecule has 0 bridgehead atoms. The molecule has 0 spiro atoms. The van der Waals surface area contributed by atoms with E-state index in [0.717, 1.165) is 0 Å². The van der Waals surface area contributed by atoms with E-state index in [9.17, 15) is 4.79 Å². The molecule has 0 aliphatic carbocycles. The van der Waals surface area contributed by atoms with Crippen LogP contribution in [0.3, 0.4) is 0 Å². The standard InChI is InChI=1S/C11H14O5/c1-15-10-4-2-3-8(5-12)11(10)16-7-9(14)6-13/h2-5,9,13-14H,6-7H2,1H3. The molecule has 2 N–H and O–H groups in total. The fourth-order valence-electron chi connectivity index (χ4n) is 1.17. The summed E-state index contributed by atoms with van der Waals surface area (Å²) in [7, 11) is 1.46. The molecule has 0 heterocycles. The average Bonchev–Trinajstić information content (AvgIpc) is 2.35. The van der Waals surface area contributed by atoms with Crippen LogP contribution in [0.15, 0.2) is 18.2 Å². The molecule has 0 aliphatic heterocycles. The Bertz CT molecular complexity index is 350. The van der Waals surface area contributed by atoms with E-state index in [4.69, 9.17) is 19.7 Å². The lowest BCUT2D eigenvalue weighted by molar-refractivity contribution is 0.0524. The summed E-state index contributed by atoms with van der Waals surface area (Å²) < 4.78 is 10.3. The number of carbonyl (C=O) groups excluding carboxylic acids is 1. The van der Waals surface area contributed by atoms with E-state index in [1.165, 1.54) is 7.11 Å². The van der Waals surface area contributed by atoms with Gasteiger partial charge >= 0.3 is 0 Å². The first-order chi connectivity index (χ1) is 7.72. The van der Waals surface area contributed by atoms with E-state index in [1.807, 2.05) is 0 Å². The Morgan fingerprint density at radius 1 is 1.50 bits per heavy atom. The molecular formula is C11H14O5.